The molecule has 0 amide bonds. The van der Waals surface area contributed by atoms with E-state index in [1.54, 1.807) is 18.4 Å². The molecule has 0 radical (unpaired) electrons. The maximum atomic E-state index is 12.9. The fourth-order valence-electron chi connectivity index (χ4n) is 4.12. The molecule has 2 heterocycles. The van der Waals surface area contributed by atoms with Crippen molar-refractivity contribution in [3.05, 3.63) is 41.1 Å². The number of hydrogen-bond donors (Lipinski definition) is 0. The van der Waals surface area contributed by atoms with Crippen LogP contribution in [0.25, 0.3) is 5.57 Å². The first kappa shape index (κ1) is 18.9. The van der Waals surface area contributed by atoms with E-state index < -0.39 is 0 Å². The molecular formula is C21H26ClNO4. The van der Waals surface area contributed by atoms with Crippen LogP contribution >= 0.6 is 11.6 Å². The van der Waals surface area contributed by atoms with Crippen molar-refractivity contribution >= 4 is 23.0 Å². The van der Waals surface area contributed by atoms with Crippen molar-refractivity contribution in [3.8, 4) is 0 Å². The summed E-state index contributed by atoms with van der Waals surface area (Å²) < 4.78 is 17.4. The van der Waals surface area contributed by atoms with Crippen LogP contribution in [-0.2, 0) is 19.0 Å². The average Bonchev–Trinajstić information content (AvgIpc) is 2.70. The number of allylic oxidation sites excluding steroid dienone is 1. The number of nitrogens with zero attached hydrogens (tertiary/aromatic N) is 1. The number of benzene rings is 1. The van der Waals surface area contributed by atoms with Gasteiger partial charge < -0.3 is 14.2 Å². The van der Waals surface area contributed by atoms with E-state index in [2.05, 4.69) is 4.90 Å². The molecule has 1 saturated heterocycles. The molecule has 1 saturated carbocycles. The number of halogens is 1. The van der Waals surface area contributed by atoms with Crippen LogP contribution in [0.15, 0.2) is 30.5 Å². The van der Waals surface area contributed by atoms with Gasteiger partial charge in [0.2, 0.25) is 0 Å². The Hall–Kier alpha value is -1.40. The van der Waals surface area contributed by atoms with Gasteiger partial charge in [-0.3, -0.25) is 9.69 Å². The summed E-state index contributed by atoms with van der Waals surface area (Å²) >= 11 is 5.95. The van der Waals surface area contributed by atoms with Crippen LogP contribution in [0.1, 0.15) is 24.8 Å². The lowest BCUT2D eigenvalue weighted by Crippen LogP contribution is -2.42. The van der Waals surface area contributed by atoms with Gasteiger partial charge in [-0.25, -0.2) is 0 Å². The Morgan fingerprint density at radius 2 is 1.93 bits per heavy atom. The van der Waals surface area contributed by atoms with Crippen LogP contribution in [0.3, 0.4) is 0 Å². The maximum Gasteiger partial charge on any atom is 0.173 e. The number of carbonyl (C=O) groups is 1. The SMILES string of the molecule is O=C1C(c2ccc(Cl)cc2)=COC2CC(OCCN3CCOCC3)CCC12. The molecule has 0 bridgehead atoms. The lowest BCUT2D eigenvalue weighted by Gasteiger charge is -2.37. The number of hydrogen-bond acceptors (Lipinski definition) is 5. The molecule has 2 aliphatic heterocycles. The molecule has 1 aromatic rings. The van der Waals surface area contributed by atoms with E-state index in [9.17, 15) is 4.79 Å². The number of fused-ring (bicyclic) bond motifs is 1. The van der Waals surface area contributed by atoms with E-state index in [1.165, 1.54) is 0 Å². The Bertz CT molecular complexity index is 684. The quantitative estimate of drug-likeness (QED) is 0.771. The number of ether oxygens (including phenoxy) is 3. The van der Waals surface area contributed by atoms with Crippen LogP contribution in [0.5, 0.6) is 0 Å². The summed E-state index contributed by atoms with van der Waals surface area (Å²) in [5.41, 5.74) is 1.52. The van der Waals surface area contributed by atoms with Gasteiger partial charge in [-0.1, -0.05) is 23.7 Å². The summed E-state index contributed by atoms with van der Waals surface area (Å²) in [5.74, 6) is 0.111. The maximum absolute atomic E-state index is 12.9. The number of ketones is 1. The number of carbonyl (C=O) groups excluding carboxylic acids is 1. The predicted molar refractivity (Wildman–Crippen MR) is 104 cm³/mol. The summed E-state index contributed by atoms with van der Waals surface area (Å²) in [6.45, 7) is 5.25. The van der Waals surface area contributed by atoms with Crippen molar-refractivity contribution in [2.45, 2.75) is 31.5 Å². The Labute approximate surface area is 165 Å². The minimum Gasteiger partial charge on any atom is -0.496 e. The first-order valence-corrected chi connectivity index (χ1v) is 10.2. The van der Waals surface area contributed by atoms with Crippen LogP contribution in [0.2, 0.25) is 5.02 Å². The van der Waals surface area contributed by atoms with Crippen molar-refractivity contribution < 1.29 is 19.0 Å². The fourth-order valence-corrected chi connectivity index (χ4v) is 4.25. The van der Waals surface area contributed by atoms with Gasteiger partial charge in [0.1, 0.15) is 6.10 Å². The highest BCUT2D eigenvalue weighted by atomic mass is 35.5. The van der Waals surface area contributed by atoms with Crippen LogP contribution in [-0.4, -0.2) is 62.3 Å². The molecule has 6 heteroatoms. The predicted octanol–water partition coefficient (Wildman–Crippen LogP) is 3.17. The largest absolute Gasteiger partial charge is 0.496 e. The van der Waals surface area contributed by atoms with E-state index in [4.69, 9.17) is 25.8 Å². The van der Waals surface area contributed by atoms with Crippen molar-refractivity contribution in [3.63, 3.8) is 0 Å². The number of rotatable bonds is 5. The summed E-state index contributed by atoms with van der Waals surface area (Å²) in [6.07, 6.45) is 4.23. The normalized spacial score (nSPS) is 29.0. The minimum absolute atomic E-state index is 0.0697. The van der Waals surface area contributed by atoms with Gasteiger partial charge >= 0.3 is 0 Å². The standard InChI is InChI=1S/C21H26ClNO4/c22-16-3-1-15(2-4-16)19-14-27-20-13-17(5-6-18(20)21(19)24)26-12-9-23-7-10-25-11-8-23/h1-4,14,17-18,20H,5-13H2. The zero-order valence-electron chi connectivity index (χ0n) is 15.4. The van der Waals surface area contributed by atoms with Crippen molar-refractivity contribution in [1.29, 1.82) is 0 Å². The van der Waals surface area contributed by atoms with Crippen LogP contribution in [0, 0.1) is 5.92 Å². The number of morpholine rings is 1. The zero-order chi connectivity index (χ0) is 18.6. The zero-order valence-corrected chi connectivity index (χ0v) is 16.2. The minimum atomic E-state index is -0.0734. The molecule has 3 atom stereocenters. The summed E-state index contributed by atoms with van der Waals surface area (Å²) in [5, 5.41) is 0.663. The lowest BCUT2D eigenvalue weighted by molar-refractivity contribution is -0.128. The van der Waals surface area contributed by atoms with Gasteiger partial charge in [-0.15, -0.1) is 0 Å². The molecule has 0 N–H and O–H groups in total. The molecular weight excluding hydrogens is 366 g/mol. The van der Waals surface area contributed by atoms with Crippen molar-refractivity contribution in [2.24, 2.45) is 5.92 Å². The Morgan fingerprint density at radius 3 is 2.70 bits per heavy atom. The highest BCUT2D eigenvalue weighted by molar-refractivity contribution is 6.30. The van der Waals surface area contributed by atoms with Gasteiger partial charge in [0.15, 0.2) is 5.78 Å². The molecule has 3 aliphatic rings. The topological polar surface area (TPSA) is 48.0 Å². The Morgan fingerprint density at radius 1 is 1.15 bits per heavy atom. The van der Waals surface area contributed by atoms with Crippen molar-refractivity contribution in [2.75, 3.05) is 39.5 Å². The third-order valence-electron chi connectivity index (χ3n) is 5.73. The molecule has 4 rings (SSSR count). The highest BCUT2D eigenvalue weighted by Gasteiger charge is 2.40. The number of Topliss-reactive ketones (excluding diaryl/α,β-unsaturated/α-hetero) is 1. The molecule has 2 fully saturated rings. The Balaban J connectivity index is 1.30. The van der Waals surface area contributed by atoms with E-state index >= 15 is 0 Å². The molecule has 5 nitrogen and oxygen atoms in total. The molecule has 27 heavy (non-hydrogen) atoms. The van der Waals surface area contributed by atoms with Gasteiger partial charge in [-0.05, 0) is 30.5 Å². The van der Waals surface area contributed by atoms with Gasteiger partial charge in [0, 0.05) is 31.1 Å². The summed E-state index contributed by atoms with van der Waals surface area (Å²) in [6, 6.07) is 7.35. The highest BCUT2D eigenvalue weighted by Crippen LogP contribution is 2.37. The average molecular weight is 392 g/mol. The van der Waals surface area contributed by atoms with E-state index in [0.29, 0.717) is 10.6 Å². The van der Waals surface area contributed by atoms with Gasteiger partial charge in [0.25, 0.3) is 0 Å². The van der Waals surface area contributed by atoms with E-state index in [-0.39, 0.29) is 23.9 Å². The monoisotopic (exact) mass is 391 g/mol. The molecule has 0 spiro atoms. The van der Waals surface area contributed by atoms with E-state index in [1.807, 2.05) is 12.1 Å². The summed E-state index contributed by atoms with van der Waals surface area (Å²) in [4.78, 5) is 15.3. The summed E-state index contributed by atoms with van der Waals surface area (Å²) in [7, 11) is 0. The van der Waals surface area contributed by atoms with E-state index in [0.717, 1.165) is 64.3 Å². The second kappa shape index (κ2) is 8.74. The van der Waals surface area contributed by atoms with Crippen LogP contribution < -0.4 is 0 Å². The second-order valence-electron chi connectivity index (χ2n) is 7.44. The second-order valence-corrected chi connectivity index (χ2v) is 7.88. The third-order valence-corrected chi connectivity index (χ3v) is 5.98. The fraction of sp³-hybridized carbons (Fsp3) is 0.571. The van der Waals surface area contributed by atoms with Crippen LogP contribution in [0.4, 0.5) is 0 Å². The van der Waals surface area contributed by atoms with Gasteiger partial charge in [-0.2, -0.15) is 0 Å². The molecule has 1 aliphatic carbocycles. The smallest absolute Gasteiger partial charge is 0.173 e. The first-order chi connectivity index (χ1) is 13.2. The van der Waals surface area contributed by atoms with Crippen molar-refractivity contribution in [1.82, 2.24) is 4.90 Å². The van der Waals surface area contributed by atoms with Gasteiger partial charge in [0.05, 0.1) is 43.7 Å². The molecule has 3 unspecified atom stereocenters. The molecule has 1 aromatic carbocycles. The lowest BCUT2D eigenvalue weighted by atomic mass is 9.78. The molecule has 146 valence electrons. The Kier molecular flexibility index (Phi) is 6.13. The first-order valence-electron chi connectivity index (χ1n) is 9.78. The third kappa shape index (κ3) is 4.54. The molecule has 0 aromatic heterocycles.